The maximum atomic E-state index is 11.9. The third kappa shape index (κ3) is 2.75. The highest BCUT2D eigenvalue weighted by Gasteiger charge is 2.23. The van der Waals surface area contributed by atoms with Gasteiger partial charge < -0.3 is 4.74 Å². The summed E-state index contributed by atoms with van der Waals surface area (Å²) in [4.78, 5) is 11.9. The van der Waals surface area contributed by atoms with Gasteiger partial charge in [0.2, 0.25) is 0 Å². The van der Waals surface area contributed by atoms with Gasteiger partial charge in [-0.1, -0.05) is 41.9 Å². The molecular formula is C17H13ClO2. The van der Waals surface area contributed by atoms with Crippen LogP contribution in [0.3, 0.4) is 0 Å². The van der Waals surface area contributed by atoms with E-state index in [2.05, 4.69) is 0 Å². The molecule has 0 aromatic heterocycles. The second-order valence-corrected chi connectivity index (χ2v) is 5.14. The van der Waals surface area contributed by atoms with Crippen molar-refractivity contribution in [1.82, 2.24) is 0 Å². The Balaban J connectivity index is 1.89. The van der Waals surface area contributed by atoms with E-state index in [9.17, 15) is 4.79 Å². The fourth-order valence-electron chi connectivity index (χ4n) is 2.24. The van der Waals surface area contributed by atoms with Crippen LogP contribution in [0.15, 0.2) is 60.7 Å². The average Bonchev–Trinajstić information content (AvgIpc) is 2.48. The molecule has 1 unspecified atom stereocenters. The summed E-state index contributed by atoms with van der Waals surface area (Å²) in [6.07, 6.45) is 1.71. The molecular weight excluding hydrogens is 272 g/mol. The molecule has 20 heavy (non-hydrogen) atoms. The third-order valence-electron chi connectivity index (χ3n) is 3.25. The van der Waals surface area contributed by atoms with E-state index in [4.69, 9.17) is 16.3 Å². The number of rotatable bonds is 2. The molecule has 0 saturated heterocycles. The Morgan fingerprint density at radius 2 is 1.70 bits per heavy atom. The fraction of sp³-hybridized carbons (Fsp3) is 0.118. The summed E-state index contributed by atoms with van der Waals surface area (Å²) in [5.41, 5.74) is 1.88. The van der Waals surface area contributed by atoms with E-state index < -0.39 is 0 Å². The number of ether oxygens (including phenoxy) is 1. The zero-order chi connectivity index (χ0) is 13.9. The predicted octanol–water partition coefficient (Wildman–Crippen LogP) is 4.41. The van der Waals surface area contributed by atoms with Crippen LogP contribution >= 0.6 is 11.6 Å². The van der Waals surface area contributed by atoms with E-state index in [1.165, 1.54) is 0 Å². The highest BCUT2D eigenvalue weighted by molar-refractivity contribution is 6.30. The molecule has 0 N–H and O–H groups in total. The van der Waals surface area contributed by atoms with Crippen molar-refractivity contribution in [3.05, 3.63) is 76.8 Å². The molecule has 1 aliphatic heterocycles. The third-order valence-corrected chi connectivity index (χ3v) is 3.50. The Hall–Kier alpha value is -2.06. The van der Waals surface area contributed by atoms with E-state index in [-0.39, 0.29) is 11.9 Å². The van der Waals surface area contributed by atoms with Gasteiger partial charge in [0.05, 0.1) is 6.42 Å². The lowest BCUT2D eigenvalue weighted by Crippen LogP contribution is -2.14. The molecule has 0 radical (unpaired) electrons. The standard InChI is InChI=1S/C17H13ClO2/c18-14-8-6-13(7-9-14)17-11-15(19)10-16(20-17)12-4-2-1-3-5-12/h1-9,11,16H,10H2. The van der Waals surface area contributed by atoms with Crippen LogP contribution in [0, 0.1) is 0 Å². The van der Waals surface area contributed by atoms with Crippen LogP contribution in [-0.2, 0) is 9.53 Å². The van der Waals surface area contributed by atoms with Gasteiger partial charge >= 0.3 is 0 Å². The zero-order valence-electron chi connectivity index (χ0n) is 10.8. The highest BCUT2D eigenvalue weighted by atomic mass is 35.5. The van der Waals surface area contributed by atoms with E-state index in [0.29, 0.717) is 17.2 Å². The first-order valence-electron chi connectivity index (χ1n) is 6.44. The second-order valence-electron chi connectivity index (χ2n) is 4.70. The smallest absolute Gasteiger partial charge is 0.163 e. The Morgan fingerprint density at radius 3 is 2.40 bits per heavy atom. The van der Waals surface area contributed by atoms with E-state index in [1.54, 1.807) is 18.2 Å². The van der Waals surface area contributed by atoms with E-state index in [0.717, 1.165) is 11.1 Å². The number of carbonyl (C=O) groups is 1. The molecule has 2 aromatic carbocycles. The number of carbonyl (C=O) groups excluding carboxylic acids is 1. The van der Waals surface area contributed by atoms with Gasteiger partial charge in [-0.15, -0.1) is 0 Å². The Labute approximate surface area is 122 Å². The minimum Gasteiger partial charge on any atom is -0.485 e. The minimum atomic E-state index is -0.223. The summed E-state index contributed by atoms with van der Waals surface area (Å²) in [7, 11) is 0. The normalized spacial score (nSPS) is 18.4. The van der Waals surface area contributed by atoms with Crippen molar-refractivity contribution < 1.29 is 9.53 Å². The van der Waals surface area contributed by atoms with Crippen molar-refractivity contribution in [3.63, 3.8) is 0 Å². The number of allylic oxidation sites excluding steroid dienone is 1. The molecule has 0 saturated carbocycles. The average molecular weight is 285 g/mol. The number of hydrogen-bond donors (Lipinski definition) is 0. The van der Waals surface area contributed by atoms with Crippen molar-refractivity contribution in [1.29, 1.82) is 0 Å². The molecule has 1 heterocycles. The van der Waals surface area contributed by atoms with Crippen molar-refractivity contribution in [2.75, 3.05) is 0 Å². The highest BCUT2D eigenvalue weighted by Crippen LogP contribution is 2.33. The molecule has 1 aliphatic rings. The summed E-state index contributed by atoms with van der Waals surface area (Å²) in [5, 5.41) is 0.663. The molecule has 2 aromatic rings. The van der Waals surface area contributed by atoms with Crippen LogP contribution in [0.1, 0.15) is 23.7 Å². The summed E-state index contributed by atoms with van der Waals surface area (Å²) < 4.78 is 5.97. The fourth-order valence-corrected chi connectivity index (χ4v) is 2.36. The minimum absolute atomic E-state index is 0.0788. The van der Waals surface area contributed by atoms with Crippen molar-refractivity contribution in [3.8, 4) is 0 Å². The van der Waals surface area contributed by atoms with Gasteiger partial charge in [-0.05, 0) is 29.8 Å². The van der Waals surface area contributed by atoms with Crippen LogP contribution in [-0.4, -0.2) is 5.78 Å². The summed E-state index contributed by atoms with van der Waals surface area (Å²) in [6.45, 7) is 0. The van der Waals surface area contributed by atoms with Crippen LogP contribution in [0.25, 0.3) is 5.76 Å². The van der Waals surface area contributed by atoms with Gasteiger partial charge in [0.15, 0.2) is 5.78 Å². The summed E-state index contributed by atoms with van der Waals surface area (Å²) in [6, 6.07) is 17.1. The van der Waals surface area contributed by atoms with Crippen molar-refractivity contribution in [2.45, 2.75) is 12.5 Å². The molecule has 2 nitrogen and oxygen atoms in total. The maximum absolute atomic E-state index is 11.9. The van der Waals surface area contributed by atoms with Gasteiger partial charge in [0.1, 0.15) is 11.9 Å². The summed E-state index contributed by atoms with van der Waals surface area (Å²) in [5.74, 6) is 0.682. The predicted molar refractivity (Wildman–Crippen MR) is 79.3 cm³/mol. The Morgan fingerprint density at radius 1 is 1.00 bits per heavy atom. The lowest BCUT2D eigenvalue weighted by Gasteiger charge is -2.24. The van der Waals surface area contributed by atoms with Gasteiger partial charge in [-0.3, -0.25) is 4.79 Å². The van der Waals surface area contributed by atoms with Crippen LogP contribution < -0.4 is 0 Å². The first-order valence-corrected chi connectivity index (χ1v) is 6.82. The maximum Gasteiger partial charge on any atom is 0.163 e. The van der Waals surface area contributed by atoms with Crippen molar-refractivity contribution in [2.24, 2.45) is 0 Å². The van der Waals surface area contributed by atoms with Gasteiger partial charge in [-0.25, -0.2) is 0 Å². The topological polar surface area (TPSA) is 26.3 Å². The van der Waals surface area contributed by atoms with Gasteiger partial charge in [-0.2, -0.15) is 0 Å². The molecule has 3 heteroatoms. The van der Waals surface area contributed by atoms with Crippen molar-refractivity contribution >= 4 is 23.1 Å². The summed E-state index contributed by atoms with van der Waals surface area (Å²) >= 11 is 5.88. The zero-order valence-corrected chi connectivity index (χ0v) is 11.5. The molecule has 0 bridgehead atoms. The molecule has 0 spiro atoms. The Kier molecular flexibility index (Phi) is 3.57. The first kappa shape index (κ1) is 12.9. The lowest BCUT2D eigenvalue weighted by molar-refractivity contribution is -0.117. The second kappa shape index (κ2) is 5.51. The quantitative estimate of drug-likeness (QED) is 0.816. The van der Waals surface area contributed by atoms with Crippen LogP contribution in [0.2, 0.25) is 5.02 Å². The first-order chi connectivity index (χ1) is 9.72. The number of benzene rings is 2. The SMILES string of the molecule is O=C1C=C(c2ccc(Cl)cc2)OC(c2ccccc2)C1. The molecule has 100 valence electrons. The number of ketones is 1. The number of hydrogen-bond acceptors (Lipinski definition) is 2. The number of halogens is 1. The lowest BCUT2D eigenvalue weighted by atomic mass is 10.00. The van der Waals surface area contributed by atoms with Gasteiger partial charge in [0, 0.05) is 16.7 Å². The molecule has 0 aliphatic carbocycles. The van der Waals surface area contributed by atoms with Crippen LogP contribution in [0.4, 0.5) is 0 Å². The van der Waals surface area contributed by atoms with E-state index in [1.807, 2.05) is 42.5 Å². The van der Waals surface area contributed by atoms with E-state index >= 15 is 0 Å². The molecule has 0 fully saturated rings. The Bertz CT molecular complexity index is 644. The molecule has 3 rings (SSSR count). The largest absolute Gasteiger partial charge is 0.485 e. The van der Waals surface area contributed by atoms with Gasteiger partial charge in [0.25, 0.3) is 0 Å². The monoisotopic (exact) mass is 284 g/mol. The molecule has 1 atom stereocenters. The van der Waals surface area contributed by atoms with Crippen LogP contribution in [0.5, 0.6) is 0 Å². The molecule has 0 amide bonds.